The highest BCUT2D eigenvalue weighted by Gasteiger charge is 2.42. The number of carbonyl (C=O) groups excluding carboxylic acids is 3. The van der Waals surface area contributed by atoms with E-state index in [1.807, 2.05) is 32.9 Å². The first-order valence-electron chi connectivity index (χ1n) is 13.3. The summed E-state index contributed by atoms with van der Waals surface area (Å²) in [6.45, 7) is 8.82. The van der Waals surface area contributed by atoms with Crippen molar-refractivity contribution in [2.24, 2.45) is 11.8 Å². The molecule has 1 aromatic rings. The molecule has 36 heavy (non-hydrogen) atoms. The van der Waals surface area contributed by atoms with Crippen LogP contribution in [0.25, 0.3) is 5.57 Å². The number of ether oxygens (including phenoxy) is 2. The molecule has 0 radical (unpaired) electrons. The second-order valence-electron chi connectivity index (χ2n) is 11.4. The summed E-state index contributed by atoms with van der Waals surface area (Å²) in [7, 11) is 1.77. The predicted octanol–water partition coefficient (Wildman–Crippen LogP) is 4.83. The molecular weight excluding hydrogens is 456 g/mol. The van der Waals surface area contributed by atoms with Crippen LogP contribution >= 0.6 is 0 Å². The van der Waals surface area contributed by atoms with E-state index in [1.165, 1.54) is 22.3 Å². The third-order valence-corrected chi connectivity index (χ3v) is 7.58. The normalized spacial score (nSPS) is 23.6. The van der Waals surface area contributed by atoms with Crippen LogP contribution < -0.4 is 0 Å². The molecule has 196 valence electrons. The van der Waals surface area contributed by atoms with Crippen LogP contribution in [0.3, 0.4) is 0 Å². The second-order valence-corrected chi connectivity index (χ2v) is 11.4. The zero-order chi connectivity index (χ0) is 26.0. The summed E-state index contributed by atoms with van der Waals surface area (Å²) in [5.74, 6) is -0.00711. The van der Waals surface area contributed by atoms with E-state index in [0.717, 1.165) is 32.1 Å². The summed E-state index contributed by atoms with van der Waals surface area (Å²) in [6.07, 6.45) is 4.34. The van der Waals surface area contributed by atoms with Gasteiger partial charge in [0.25, 0.3) is 0 Å². The fraction of sp³-hybridized carbons (Fsp3) is 0.621. The molecule has 0 bridgehead atoms. The molecule has 0 aromatic heterocycles. The quantitative estimate of drug-likeness (QED) is 0.546. The van der Waals surface area contributed by atoms with Crippen molar-refractivity contribution in [1.82, 2.24) is 9.80 Å². The Labute approximate surface area is 214 Å². The molecule has 1 aromatic carbocycles. The number of benzene rings is 1. The molecule has 2 aliphatic carbocycles. The van der Waals surface area contributed by atoms with Gasteiger partial charge in [0, 0.05) is 32.5 Å². The molecule has 0 spiro atoms. The highest BCUT2D eigenvalue weighted by Crippen LogP contribution is 2.41. The van der Waals surface area contributed by atoms with Gasteiger partial charge in [0.05, 0.1) is 6.61 Å². The fourth-order valence-electron chi connectivity index (χ4n) is 5.83. The number of hydrogen-bond acceptors (Lipinski definition) is 5. The summed E-state index contributed by atoms with van der Waals surface area (Å²) in [5.41, 5.74) is 4.42. The Balaban J connectivity index is 1.40. The van der Waals surface area contributed by atoms with Gasteiger partial charge in [0.2, 0.25) is 5.91 Å². The second kappa shape index (κ2) is 10.7. The SMILES string of the molecule is CCOC(=O)[C@@H]1CC2=C(Cc3ccccc32)CN1C(=O)C1CCC(CN(C)C(=O)OC(C)(C)C)CC1. The lowest BCUT2D eigenvalue weighted by atomic mass is 9.80. The Hall–Kier alpha value is -2.83. The first-order chi connectivity index (χ1) is 17.1. The van der Waals surface area contributed by atoms with Gasteiger partial charge in [0.1, 0.15) is 11.6 Å². The van der Waals surface area contributed by atoms with Crippen LogP contribution in [0.2, 0.25) is 0 Å². The van der Waals surface area contributed by atoms with E-state index in [9.17, 15) is 14.4 Å². The van der Waals surface area contributed by atoms with E-state index in [2.05, 4.69) is 12.1 Å². The van der Waals surface area contributed by atoms with Crippen molar-refractivity contribution in [3.05, 3.63) is 41.0 Å². The summed E-state index contributed by atoms with van der Waals surface area (Å²) in [5, 5.41) is 0. The molecule has 2 amide bonds. The smallest absolute Gasteiger partial charge is 0.410 e. The Morgan fingerprint density at radius 2 is 1.78 bits per heavy atom. The molecule has 7 nitrogen and oxygen atoms in total. The van der Waals surface area contributed by atoms with Crippen molar-refractivity contribution < 1.29 is 23.9 Å². The Kier molecular flexibility index (Phi) is 7.76. The Morgan fingerprint density at radius 3 is 2.44 bits per heavy atom. The van der Waals surface area contributed by atoms with Gasteiger partial charge in [0.15, 0.2) is 0 Å². The average Bonchev–Trinajstić information content (AvgIpc) is 3.20. The molecule has 1 saturated carbocycles. The van der Waals surface area contributed by atoms with Gasteiger partial charge in [-0.3, -0.25) is 4.79 Å². The molecule has 0 N–H and O–H groups in total. The van der Waals surface area contributed by atoms with Crippen LogP contribution in [0.15, 0.2) is 29.8 Å². The minimum atomic E-state index is -0.571. The molecule has 3 aliphatic rings. The molecule has 0 unspecified atom stereocenters. The topological polar surface area (TPSA) is 76.2 Å². The zero-order valence-electron chi connectivity index (χ0n) is 22.3. The van der Waals surface area contributed by atoms with Gasteiger partial charge in [-0.1, -0.05) is 24.3 Å². The molecular formula is C29H40N2O5. The highest BCUT2D eigenvalue weighted by atomic mass is 16.6. The summed E-state index contributed by atoms with van der Waals surface area (Å²) < 4.78 is 10.9. The highest BCUT2D eigenvalue weighted by molar-refractivity contribution is 5.91. The van der Waals surface area contributed by atoms with Crippen molar-refractivity contribution in [2.75, 3.05) is 26.7 Å². The molecule has 0 saturated heterocycles. The number of rotatable bonds is 5. The fourth-order valence-corrected chi connectivity index (χ4v) is 5.83. The van der Waals surface area contributed by atoms with Crippen molar-refractivity contribution in [2.45, 2.75) is 77.9 Å². The molecule has 1 heterocycles. The number of carbonyl (C=O) groups is 3. The standard InChI is InChI=1S/C29H40N2O5/c1-6-35-27(33)25-16-24-22(15-21-9-7-8-10-23(21)24)18-31(25)26(32)20-13-11-19(12-14-20)17-30(5)28(34)36-29(2,3)4/h7-10,19-20,25H,6,11-18H2,1-5H3/t19?,20?,25-/m0/s1. The van der Waals surface area contributed by atoms with E-state index in [-0.39, 0.29) is 23.9 Å². The maximum atomic E-state index is 13.7. The van der Waals surface area contributed by atoms with E-state index in [1.54, 1.807) is 23.8 Å². The van der Waals surface area contributed by atoms with Gasteiger partial charge in [-0.25, -0.2) is 9.59 Å². The minimum Gasteiger partial charge on any atom is -0.464 e. The zero-order valence-corrected chi connectivity index (χ0v) is 22.3. The van der Waals surface area contributed by atoms with Gasteiger partial charge in [-0.15, -0.1) is 0 Å². The predicted molar refractivity (Wildman–Crippen MR) is 138 cm³/mol. The Morgan fingerprint density at radius 1 is 1.08 bits per heavy atom. The van der Waals surface area contributed by atoms with E-state index in [0.29, 0.717) is 32.0 Å². The van der Waals surface area contributed by atoms with Gasteiger partial charge < -0.3 is 19.3 Å². The Bertz CT molecular complexity index is 1030. The maximum Gasteiger partial charge on any atom is 0.410 e. The lowest BCUT2D eigenvalue weighted by Crippen LogP contribution is -2.51. The van der Waals surface area contributed by atoms with Crippen LogP contribution in [0.1, 0.15) is 70.9 Å². The van der Waals surface area contributed by atoms with Crippen LogP contribution in [-0.4, -0.2) is 66.2 Å². The molecule has 4 rings (SSSR count). The third kappa shape index (κ3) is 5.76. The number of nitrogens with zero attached hydrogens (tertiary/aromatic N) is 2. The van der Waals surface area contributed by atoms with Gasteiger partial charge in [-0.05, 0) is 88.0 Å². The number of amides is 2. The van der Waals surface area contributed by atoms with Crippen molar-refractivity contribution in [3.63, 3.8) is 0 Å². The lowest BCUT2D eigenvalue weighted by molar-refractivity contribution is -0.156. The van der Waals surface area contributed by atoms with Gasteiger partial charge >= 0.3 is 12.1 Å². The van der Waals surface area contributed by atoms with Crippen molar-refractivity contribution >= 4 is 23.5 Å². The maximum absolute atomic E-state index is 13.7. The van der Waals surface area contributed by atoms with Crippen LogP contribution in [0.5, 0.6) is 0 Å². The van der Waals surface area contributed by atoms with E-state index < -0.39 is 11.6 Å². The molecule has 1 atom stereocenters. The van der Waals surface area contributed by atoms with Crippen LogP contribution in [0, 0.1) is 11.8 Å². The van der Waals surface area contributed by atoms with Crippen LogP contribution in [0.4, 0.5) is 4.79 Å². The number of fused-ring (bicyclic) bond motifs is 2. The first-order valence-corrected chi connectivity index (χ1v) is 13.3. The summed E-state index contributed by atoms with van der Waals surface area (Å²) in [6, 6.07) is 7.76. The first kappa shape index (κ1) is 26.2. The van der Waals surface area contributed by atoms with Gasteiger partial charge in [-0.2, -0.15) is 0 Å². The number of esters is 1. The van der Waals surface area contributed by atoms with E-state index in [4.69, 9.17) is 9.47 Å². The third-order valence-electron chi connectivity index (χ3n) is 7.58. The molecule has 1 fully saturated rings. The minimum absolute atomic E-state index is 0.0644. The average molecular weight is 497 g/mol. The van der Waals surface area contributed by atoms with Crippen molar-refractivity contribution in [1.29, 1.82) is 0 Å². The number of hydrogen-bond donors (Lipinski definition) is 0. The largest absolute Gasteiger partial charge is 0.464 e. The molecule has 1 aliphatic heterocycles. The van der Waals surface area contributed by atoms with Crippen molar-refractivity contribution in [3.8, 4) is 0 Å². The van der Waals surface area contributed by atoms with Crippen LogP contribution in [-0.2, 0) is 25.5 Å². The summed E-state index contributed by atoms with van der Waals surface area (Å²) in [4.78, 5) is 42.5. The summed E-state index contributed by atoms with van der Waals surface area (Å²) >= 11 is 0. The molecule has 7 heteroatoms. The lowest BCUT2D eigenvalue weighted by Gasteiger charge is -2.39. The monoisotopic (exact) mass is 496 g/mol. The van der Waals surface area contributed by atoms with E-state index >= 15 is 0 Å².